The zero-order valence-electron chi connectivity index (χ0n) is 15.1. The SMILES string of the molecule is Fc1cccnc1O[C@H]1CC[C@H]2[C@H]1OCCN2C1CCC1.O=C(O)C(F)(F)F. The minimum Gasteiger partial charge on any atom is -0.475 e. The average molecular weight is 406 g/mol. The second-order valence-electron chi connectivity index (χ2n) is 7.05. The van der Waals surface area contributed by atoms with Gasteiger partial charge in [0.2, 0.25) is 0 Å². The first-order chi connectivity index (χ1) is 13.3. The van der Waals surface area contributed by atoms with E-state index in [1.807, 2.05) is 0 Å². The Morgan fingerprint density at radius 1 is 1.29 bits per heavy atom. The fraction of sp³-hybridized carbons (Fsp3) is 0.667. The molecule has 3 aliphatic rings. The maximum absolute atomic E-state index is 13.7. The third kappa shape index (κ3) is 4.72. The molecule has 4 rings (SSSR count). The Hall–Kier alpha value is -1.94. The molecule has 0 aromatic carbocycles. The van der Waals surface area contributed by atoms with E-state index in [1.54, 1.807) is 12.3 Å². The maximum atomic E-state index is 13.7. The average Bonchev–Trinajstić information content (AvgIpc) is 2.99. The van der Waals surface area contributed by atoms with Gasteiger partial charge < -0.3 is 14.6 Å². The number of hydrogen-bond acceptors (Lipinski definition) is 5. The van der Waals surface area contributed by atoms with Crippen LogP contribution in [0.5, 0.6) is 5.88 Å². The smallest absolute Gasteiger partial charge is 0.475 e. The highest BCUT2D eigenvalue weighted by atomic mass is 19.4. The Balaban J connectivity index is 0.000000279. The Morgan fingerprint density at radius 2 is 2.00 bits per heavy atom. The first-order valence-electron chi connectivity index (χ1n) is 9.22. The quantitative estimate of drug-likeness (QED) is 0.779. The van der Waals surface area contributed by atoms with Gasteiger partial charge >= 0.3 is 12.1 Å². The van der Waals surface area contributed by atoms with Gasteiger partial charge in [0.25, 0.3) is 5.88 Å². The van der Waals surface area contributed by atoms with Crippen LogP contribution in [0.1, 0.15) is 32.1 Å². The summed E-state index contributed by atoms with van der Waals surface area (Å²) in [6, 6.07) is 4.12. The number of fused-ring (bicyclic) bond motifs is 1. The van der Waals surface area contributed by atoms with Crippen LogP contribution in [-0.2, 0) is 9.53 Å². The number of rotatable bonds is 3. The van der Waals surface area contributed by atoms with E-state index < -0.39 is 18.0 Å². The highest BCUT2D eigenvalue weighted by Gasteiger charge is 2.47. The lowest BCUT2D eigenvalue weighted by Gasteiger charge is -2.46. The Labute approximate surface area is 159 Å². The van der Waals surface area contributed by atoms with Crippen molar-refractivity contribution in [2.45, 2.75) is 62.6 Å². The number of halogens is 4. The number of morpholine rings is 1. The van der Waals surface area contributed by atoms with Gasteiger partial charge in [-0.3, -0.25) is 4.90 Å². The lowest BCUT2D eigenvalue weighted by Crippen LogP contribution is -2.57. The number of nitrogens with zero attached hydrogens (tertiary/aromatic N) is 2. The summed E-state index contributed by atoms with van der Waals surface area (Å²) < 4.78 is 57.2. The molecule has 2 heterocycles. The molecule has 1 saturated heterocycles. The number of ether oxygens (including phenoxy) is 2. The van der Waals surface area contributed by atoms with Crippen LogP contribution < -0.4 is 4.74 Å². The fourth-order valence-electron chi connectivity index (χ4n) is 3.84. The molecular formula is C18H22F4N2O4. The van der Waals surface area contributed by atoms with Gasteiger partial charge in [0, 0.05) is 24.8 Å². The van der Waals surface area contributed by atoms with Crippen molar-refractivity contribution < 1.29 is 36.9 Å². The van der Waals surface area contributed by atoms with Crippen molar-refractivity contribution in [2.24, 2.45) is 0 Å². The first-order valence-corrected chi connectivity index (χ1v) is 9.22. The van der Waals surface area contributed by atoms with Crippen LogP contribution in [0, 0.1) is 5.82 Å². The van der Waals surface area contributed by atoms with Crippen LogP contribution in [0.15, 0.2) is 18.3 Å². The Kier molecular flexibility index (Phi) is 6.39. The van der Waals surface area contributed by atoms with Crippen molar-refractivity contribution in [2.75, 3.05) is 13.2 Å². The molecule has 1 aliphatic heterocycles. The molecule has 6 nitrogen and oxygen atoms in total. The monoisotopic (exact) mass is 406 g/mol. The predicted molar refractivity (Wildman–Crippen MR) is 89.4 cm³/mol. The summed E-state index contributed by atoms with van der Waals surface area (Å²) in [5.41, 5.74) is 0. The van der Waals surface area contributed by atoms with E-state index in [-0.39, 0.29) is 18.1 Å². The van der Waals surface area contributed by atoms with Gasteiger partial charge in [-0.05, 0) is 37.8 Å². The summed E-state index contributed by atoms with van der Waals surface area (Å²) >= 11 is 0. The molecule has 0 unspecified atom stereocenters. The molecule has 1 N–H and O–H groups in total. The van der Waals surface area contributed by atoms with Crippen LogP contribution >= 0.6 is 0 Å². The molecule has 10 heteroatoms. The minimum absolute atomic E-state index is 0.0563. The normalized spacial score (nSPS) is 27.9. The van der Waals surface area contributed by atoms with E-state index in [1.165, 1.54) is 25.3 Å². The zero-order valence-corrected chi connectivity index (χ0v) is 15.1. The molecule has 0 spiro atoms. The molecule has 3 atom stereocenters. The van der Waals surface area contributed by atoms with E-state index in [0.717, 1.165) is 32.0 Å². The van der Waals surface area contributed by atoms with Crippen molar-refractivity contribution in [3.8, 4) is 5.88 Å². The number of aromatic nitrogens is 1. The standard InChI is InChI=1S/C16H21FN2O2.C2HF3O2/c17-12-5-2-8-18-16(12)21-14-7-6-13-15(14)20-10-9-19(13)11-3-1-4-11;3-2(4,5)1(6)7/h2,5,8,11,13-15H,1,3-4,6-7,9-10H2;(H,6,7)/t13-,14-,15+;/m0./s1. The summed E-state index contributed by atoms with van der Waals surface area (Å²) in [4.78, 5) is 15.5. The van der Waals surface area contributed by atoms with Gasteiger partial charge in [0.15, 0.2) is 5.82 Å². The maximum Gasteiger partial charge on any atom is 0.490 e. The predicted octanol–water partition coefficient (Wildman–Crippen LogP) is 3.02. The van der Waals surface area contributed by atoms with E-state index in [2.05, 4.69) is 9.88 Å². The number of carbonyl (C=O) groups is 1. The van der Waals surface area contributed by atoms with E-state index in [9.17, 15) is 17.6 Å². The van der Waals surface area contributed by atoms with Crippen molar-refractivity contribution in [1.82, 2.24) is 9.88 Å². The van der Waals surface area contributed by atoms with Crippen molar-refractivity contribution >= 4 is 5.97 Å². The van der Waals surface area contributed by atoms with Gasteiger partial charge in [-0.25, -0.2) is 14.2 Å². The number of carboxylic acid groups (broad SMARTS) is 1. The third-order valence-electron chi connectivity index (χ3n) is 5.35. The second-order valence-corrected chi connectivity index (χ2v) is 7.05. The van der Waals surface area contributed by atoms with E-state index in [0.29, 0.717) is 6.04 Å². The first kappa shape index (κ1) is 20.8. The molecule has 1 aromatic rings. The number of aliphatic carboxylic acids is 1. The topological polar surface area (TPSA) is 71.9 Å². The lowest BCUT2D eigenvalue weighted by atomic mass is 9.89. The van der Waals surface area contributed by atoms with E-state index >= 15 is 0 Å². The zero-order chi connectivity index (χ0) is 20.3. The minimum atomic E-state index is -5.08. The van der Waals surface area contributed by atoms with Gasteiger partial charge in [-0.15, -0.1) is 0 Å². The second kappa shape index (κ2) is 8.60. The van der Waals surface area contributed by atoms with Crippen LogP contribution in [0.2, 0.25) is 0 Å². The molecule has 0 amide bonds. The molecule has 1 aromatic heterocycles. The van der Waals surface area contributed by atoms with Crippen molar-refractivity contribution in [1.29, 1.82) is 0 Å². The number of alkyl halides is 3. The van der Waals surface area contributed by atoms with Gasteiger partial charge in [0.1, 0.15) is 12.2 Å². The number of pyridine rings is 1. The summed E-state index contributed by atoms with van der Waals surface area (Å²) in [6.07, 6.45) is 2.40. The van der Waals surface area contributed by atoms with Crippen LogP contribution in [0.3, 0.4) is 0 Å². The molecule has 0 radical (unpaired) electrons. The molecule has 3 fully saturated rings. The molecule has 28 heavy (non-hydrogen) atoms. The number of hydrogen-bond donors (Lipinski definition) is 1. The van der Waals surface area contributed by atoms with E-state index in [4.69, 9.17) is 19.4 Å². The lowest BCUT2D eigenvalue weighted by molar-refractivity contribution is -0.192. The van der Waals surface area contributed by atoms with Crippen LogP contribution in [0.25, 0.3) is 0 Å². The Morgan fingerprint density at radius 3 is 2.57 bits per heavy atom. The summed E-state index contributed by atoms with van der Waals surface area (Å²) in [5.74, 6) is -3.05. The highest BCUT2D eigenvalue weighted by Crippen LogP contribution is 2.37. The molecule has 2 aliphatic carbocycles. The van der Waals surface area contributed by atoms with Gasteiger partial charge in [-0.1, -0.05) is 6.42 Å². The highest BCUT2D eigenvalue weighted by molar-refractivity contribution is 5.73. The molecule has 2 saturated carbocycles. The van der Waals surface area contributed by atoms with Gasteiger partial charge in [0.05, 0.1) is 6.61 Å². The van der Waals surface area contributed by atoms with Crippen molar-refractivity contribution in [3.05, 3.63) is 24.1 Å². The largest absolute Gasteiger partial charge is 0.490 e. The third-order valence-corrected chi connectivity index (χ3v) is 5.35. The molecule has 0 bridgehead atoms. The molecular weight excluding hydrogens is 384 g/mol. The van der Waals surface area contributed by atoms with Crippen molar-refractivity contribution in [3.63, 3.8) is 0 Å². The summed E-state index contributed by atoms with van der Waals surface area (Å²) in [5, 5.41) is 7.12. The summed E-state index contributed by atoms with van der Waals surface area (Å²) in [7, 11) is 0. The number of carboxylic acids is 1. The molecule has 156 valence electrons. The summed E-state index contributed by atoms with van der Waals surface area (Å²) in [6.45, 7) is 1.78. The Bertz CT molecular complexity index is 684. The fourth-order valence-corrected chi connectivity index (χ4v) is 3.84. The van der Waals surface area contributed by atoms with Crippen LogP contribution in [-0.4, -0.2) is 64.6 Å². The van der Waals surface area contributed by atoms with Gasteiger partial charge in [-0.2, -0.15) is 13.2 Å². The van der Waals surface area contributed by atoms with Crippen LogP contribution in [0.4, 0.5) is 17.6 Å².